The fourth-order valence-corrected chi connectivity index (χ4v) is 4.16. The van der Waals surface area contributed by atoms with E-state index in [1.54, 1.807) is 23.0 Å². The zero-order valence-corrected chi connectivity index (χ0v) is 16.6. The number of ether oxygens (including phenoxy) is 1. The number of aryl methyl sites for hydroxylation is 1. The summed E-state index contributed by atoms with van der Waals surface area (Å²) in [6.07, 6.45) is 2.57. The van der Waals surface area contributed by atoms with Crippen molar-refractivity contribution >= 4 is 39.4 Å². The molecule has 154 valence electrons. The van der Waals surface area contributed by atoms with Gasteiger partial charge in [0.1, 0.15) is 30.0 Å². The molecule has 1 aromatic carbocycles. The Hall–Kier alpha value is -2.78. The average molecular weight is 426 g/mol. The molecule has 0 saturated carbocycles. The number of nitrogen functional groups attached to an aromatic ring is 1. The minimum atomic E-state index is -1.08. The van der Waals surface area contributed by atoms with Crippen LogP contribution in [0.3, 0.4) is 0 Å². The van der Waals surface area contributed by atoms with Gasteiger partial charge in [-0.15, -0.1) is 0 Å². The van der Waals surface area contributed by atoms with Crippen molar-refractivity contribution in [2.45, 2.75) is 37.4 Å². The van der Waals surface area contributed by atoms with Crippen molar-refractivity contribution < 1.29 is 14.9 Å². The van der Waals surface area contributed by atoms with Crippen molar-refractivity contribution in [1.29, 1.82) is 0 Å². The molecule has 0 aliphatic carbocycles. The van der Waals surface area contributed by atoms with Gasteiger partial charge in [-0.3, -0.25) is 4.98 Å². The highest BCUT2D eigenvalue weighted by Gasteiger charge is 2.43. The van der Waals surface area contributed by atoms with Gasteiger partial charge in [0.2, 0.25) is 0 Å². The third-order valence-corrected chi connectivity index (χ3v) is 5.79. The van der Waals surface area contributed by atoms with Crippen LogP contribution in [-0.4, -0.2) is 48.0 Å². The first-order valence-corrected chi connectivity index (χ1v) is 10.0. The molecular formula is C21H20ClN5O3. The van der Waals surface area contributed by atoms with Gasteiger partial charge in [0, 0.05) is 17.8 Å². The average Bonchev–Trinajstić information content (AvgIpc) is 3.29. The Balaban J connectivity index is 1.33. The van der Waals surface area contributed by atoms with Crippen LogP contribution < -0.4 is 5.73 Å². The predicted octanol–water partition coefficient (Wildman–Crippen LogP) is 2.47. The first kappa shape index (κ1) is 19.2. The van der Waals surface area contributed by atoms with Crippen LogP contribution in [0, 0.1) is 0 Å². The lowest BCUT2D eigenvalue weighted by atomic mass is 10.0. The molecule has 8 nitrogen and oxygen atoms in total. The Bertz CT molecular complexity index is 1230. The summed E-state index contributed by atoms with van der Waals surface area (Å²) in [5.74, 6) is 0.356. The Morgan fingerprint density at radius 1 is 1.10 bits per heavy atom. The lowest BCUT2D eigenvalue weighted by Gasteiger charge is -2.17. The van der Waals surface area contributed by atoms with E-state index in [9.17, 15) is 10.2 Å². The fraction of sp³-hybridized carbons (Fsp3) is 0.286. The van der Waals surface area contributed by atoms with E-state index in [4.69, 9.17) is 22.1 Å². The largest absolute Gasteiger partial charge is 0.388 e. The van der Waals surface area contributed by atoms with Gasteiger partial charge >= 0.3 is 0 Å². The van der Waals surface area contributed by atoms with Crippen molar-refractivity contribution in [3.63, 3.8) is 0 Å². The number of hydrogen-bond acceptors (Lipinski definition) is 7. The molecule has 0 unspecified atom stereocenters. The molecule has 0 spiro atoms. The molecule has 4 N–H and O–H groups in total. The highest BCUT2D eigenvalue weighted by atomic mass is 35.5. The number of hydrogen-bond donors (Lipinski definition) is 3. The Kier molecular flexibility index (Phi) is 4.79. The fourth-order valence-electron chi connectivity index (χ4n) is 4.00. The smallest absolute Gasteiger partial charge is 0.164 e. The summed E-state index contributed by atoms with van der Waals surface area (Å²) in [5.41, 5.74) is 8.37. The molecule has 0 amide bonds. The number of benzene rings is 1. The molecule has 1 aliphatic rings. The number of halogens is 1. The second-order valence-corrected chi connectivity index (χ2v) is 7.92. The summed E-state index contributed by atoms with van der Waals surface area (Å²) in [4.78, 5) is 12.6. The quantitative estimate of drug-likeness (QED) is 0.459. The van der Waals surface area contributed by atoms with E-state index in [2.05, 4.69) is 15.0 Å². The number of pyridine rings is 1. The lowest BCUT2D eigenvalue weighted by Crippen LogP contribution is -2.31. The van der Waals surface area contributed by atoms with Gasteiger partial charge in [-0.05, 0) is 36.6 Å². The Morgan fingerprint density at radius 3 is 2.83 bits per heavy atom. The number of aromatic nitrogens is 4. The Labute approximate surface area is 176 Å². The van der Waals surface area contributed by atoms with E-state index in [0.29, 0.717) is 34.7 Å². The van der Waals surface area contributed by atoms with E-state index < -0.39 is 24.5 Å². The highest BCUT2D eigenvalue weighted by molar-refractivity contribution is 6.31. The minimum Gasteiger partial charge on any atom is -0.388 e. The van der Waals surface area contributed by atoms with Crippen LogP contribution in [-0.2, 0) is 11.2 Å². The monoisotopic (exact) mass is 425 g/mol. The van der Waals surface area contributed by atoms with Gasteiger partial charge in [-0.2, -0.15) is 0 Å². The van der Waals surface area contributed by atoms with E-state index in [1.165, 1.54) is 6.33 Å². The number of aliphatic hydroxyl groups is 2. The van der Waals surface area contributed by atoms with Crippen LogP contribution in [0.15, 0.2) is 49.1 Å². The van der Waals surface area contributed by atoms with Gasteiger partial charge in [-0.25, -0.2) is 9.97 Å². The maximum absolute atomic E-state index is 10.6. The summed E-state index contributed by atoms with van der Waals surface area (Å²) in [6, 6.07) is 9.63. The zero-order chi connectivity index (χ0) is 20.8. The van der Waals surface area contributed by atoms with Crippen LogP contribution in [0.2, 0.25) is 5.02 Å². The van der Waals surface area contributed by atoms with Gasteiger partial charge < -0.3 is 25.3 Å². The SMILES string of the molecule is Nc1ncnc2c1ccn2[C@@H]1O[C@H](CCc2ccc3cc(Cl)cnc3c2)[C@@H](O)[C@H]1O. The van der Waals surface area contributed by atoms with E-state index >= 15 is 0 Å². The van der Waals surface area contributed by atoms with Crippen LogP contribution >= 0.6 is 11.6 Å². The molecule has 4 heterocycles. The number of nitrogens with zero attached hydrogens (tertiary/aromatic N) is 4. The van der Waals surface area contributed by atoms with Crippen LogP contribution in [0.25, 0.3) is 21.9 Å². The molecule has 1 aliphatic heterocycles. The molecule has 1 fully saturated rings. The molecule has 4 aromatic rings. The van der Waals surface area contributed by atoms with Crippen molar-refractivity contribution in [3.8, 4) is 0 Å². The Morgan fingerprint density at radius 2 is 1.97 bits per heavy atom. The summed E-state index contributed by atoms with van der Waals surface area (Å²) in [7, 11) is 0. The van der Waals surface area contributed by atoms with Crippen molar-refractivity contribution in [1.82, 2.24) is 19.5 Å². The van der Waals surface area contributed by atoms with E-state index in [1.807, 2.05) is 24.3 Å². The number of fused-ring (bicyclic) bond motifs is 2. The van der Waals surface area contributed by atoms with Crippen molar-refractivity contribution in [2.24, 2.45) is 0 Å². The molecule has 0 bridgehead atoms. The molecule has 9 heteroatoms. The summed E-state index contributed by atoms with van der Waals surface area (Å²) < 4.78 is 7.72. The van der Waals surface area contributed by atoms with Crippen LogP contribution in [0.4, 0.5) is 5.82 Å². The number of rotatable bonds is 4. The number of anilines is 1. The predicted molar refractivity (Wildman–Crippen MR) is 113 cm³/mol. The second kappa shape index (κ2) is 7.48. The topological polar surface area (TPSA) is 119 Å². The van der Waals surface area contributed by atoms with Crippen LogP contribution in [0.5, 0.6) is 0 Å². The summed E-state index contributed by atoms with van der Waals surface area (Å²) in [5, 5.41) is 23.4. The minimum absolute atomic E-state index is 0.356. The first-order chi connectivity index (χ1) is 14.5. The molecule has 0 radical (unpaired) electrons. The maximum Gasteiger partial charge on any atom is 0.164 e. The molecule has 1 saturated heterocycles. The standard InChI is InChI=1S/C21H20ClN5O3/c22-13-8-12-3-1-11(7-15(12)24-9-13)2-4-16-17(28)18(29)21(30-16)27-6-5-14-19(23)25-10-26-20(14)27/h1,3,5-10,16-18,21,28-29H,2,4H2,(H2,23,25,26)/t16-,17-,18-,21-/m1/s1. The first-order valence-electron chi connectivity index (χ1n) is 9.64. The third kappa shape index (κ3) is 3.27. The lowest BCUT2D eigenvalue weighted by molar-refractivity contribution is -0.0364. The van der Waals surface area contributed by atoms with Crippen molar-refractivity contribution in [2.75, 3.05) is 5.73 Å². The maximum atomic E-state index is 10.6. The van der Waals surface area contributed by atoms with E-state index in [0.717, 1.165) is 16.5 Å². The normalized spacial score (nSPS) is 24.1. The molecule has 5 rings (SSSR count). The molecule has 4 atom stereocenters. The van der Waals surface area contributed by atoms with Gasteiger partial charge in [0.25, 0.3) is 0 Å². The number of aliphatic hydroxyl groups excluding tert-OH is 2. The molecular weight excluding hydrogens is 406 g/mol. The molecule has 3 aromatic heterocycles. The van der Waals surface area contributed by atoms with Gasteiger partial charge in [0.05, 0.1) is 22.0 Å². The van der Waals surface area contributed by atoms with Crippen LogP contribution in [0.1, 0.15) is 18.2 Å². The third-order valence-electron chi connectivity index (χ3n) is 5.58. The zero-order valence-electron chi connectivity index (χ0n) is 15.9. The number of nitrogens with two attached hydrogens (primary N) is 1. The van der Waals surface area contributed by atoms with Gasteiger partial charge in [-0.1, -0.05) is 23.7 Å². The molecule has 30 heavy (non-hydrogen) atoms. The van der Waals surface area contributed by atoms with Crippen molar-refractivity contribution in [3.05, 3.63) is 59.6 Å². The highest BCUT2D eigenvalue weighted by Crippen LogP contribution is 2.34. The van der Waals surface area contributed by atoms with E-state index in [-0.39, 0.29) is 0 Å². The second-order valence-electron chi connectivity index (χ2n) is 7.48. The van der Waals surface area contributed by atoms with Gasteiger partial charge in [0.15, 0.2) is 6.23 Å². The summed E-state index contributed by atoms with van der Waals surface area (Å²) in [6.45, 7) is 0. The summed E-state index contributed by atoms with van der Waals surface area (Å²) >= 11 is 5.99.